The molecular formula is C21H29N3O3. The van der Waals surface area contributed by atoms with Gasteiger partial charge in [-0.3, -0.25) is 4.79 Å². The first-order valence-corrected chi connectivity index (χ1v) is 10.1. The molecule has 4 rings (SSSR count). The number of aromatic nitrogens is 1. The van der Waals surface area contributed by atoms with Gasteiger partial charge in [0.1, 0.15) is 5.82 Å². The van der Waals surface area contributed by atoms with Crippen LogP contribution in [-0.2, 0) is 0 Å². The molecule has 2 aliphatic heterocycles. The van der Waals surface area contributed by atoms with E-state index in [1.807, 2.05) is 32.9 Å². The van der Waals surface area contributed by atoms with Crippen molar-refractivity contribution in [2.45, 2.75) is 83.0 Å². The summed E-state index contributed by atoms with van der Waals surface area (Å²) in [7, 11) is 0. The minimum absolute atomic E-state index is 0.0481. The smallest absolute Gasteiger partial charge is 0.407 e. The van der Waals surface area contributed by atoms with Gasteiger partial charge in [-0.15, -0.1) is 0 Å². The fourth-order valence-electron chi connectivity index (χ4n) is 4.99. The zero-order valence-electron chi connectivity index (χ0n) is 16.4. The number of amides is 1. The summed E-state index contributed by atoms with van der Waals surface area (Å²) in [5.41, 5.74) is 0.314. The van der Waals surface area contributed by atoms with E-state index in [0.717, 1.165) is 44.3 Å². The lowest BCUT2D eigenvalue weighted by Crippen LogP contribution is -2.57. The minimum Gasteiger partial charge on any atom is -0.465 e. The lowest BCUT2D eigenvalue weighted by Gasteiger charge is -2.47. The predicted octanol–water partition coefficient (Wildman–Crippen LogP) is 3.95. The van der Waals surface area contributed by atoms with Gasteiger partial charge in [-0.1, -0.05) is 0 Å². The molecular weight excluding hydrogens is 342 g/mol. The second kappa shape index (κ2) is 6.50. The van der Waals surface area contributed by atoms with Crippen molar-refractivity contribution in [3.63, 3.8) is 0 Å². The highest BCUT2D eigenvalue weighted by Crippen LogP contribution is 2.41. The summed E-state index contributed by atoms with van der Waals surface area (Å²) < 4.78 is 0. The summed E-state index contributed by atoms with van der Waals surface area (Å²) in [6.45, 7) is 5.89. The number of carbonyl (C=O) groups is 2. The van der Waals surface area contributed by atoms with Crippen LogP contribution in [0.5, 0.6) is 0 Å². The molecule has 2 bridgehead atoms. The van der Waals surface area contributed by atoms with Crippen LogP contribution in [0.4, 0.5) is 10.6 Å². The molecule has 2 saturated heterocycles. The van der Waals surface area contributed by atoms with Crippen LogP contribution in [0.1, 0.15) is 69.7 Å². The molecule has 3 heterocycles. The maximum Gasteiger partial charge on any atom is 0.407 e. The summed E-state index contributed by atoms with van der Waals surface area (Å²) in [4.78, 5) is 32.7. The minimum atomic E-state index is -0.832. The number of Topliss-reactive ketones (excluding diaryl/α,β-unsaturated/α-hetero) is 1. The number of pyridine rings is 1. The summed E-state index contributed by atoms with van der Waals surface area (Å²) in [5, 5.41) is 9.74. The Labute approximate surface area is 160 Å². The normalized spacial score (nSPS) is 27.5. The van der Waals surface area contributed by atoms with Crippen molar-refractivity contribution >= 4 is 17.7 Å². The van der Waals surface area contributed by atoms with Crippen molar-refractivity contribution in [2.75, 3.05) is 4.90 Å². The van der Waals surface area contributed by atoms with E-state index in [1.54, 1.807) is 11.1 Å². The molecule has 1 aromatic rings. The van der Waals surface area contributed by atoms with Crippen molar-refractivity contribution < 1.29 is 14.7 Å². The van der Waals surface area contributed by atoms with Gasteiger partial charge in [0.2, 0.25) is 0 Å². The number of anilines is 1. The predicted molar refractivity (Wildman–Crippen MR) is 103 cm³/mol. The van der Waals surface area contributed by atoms with Crippen LogP contribution in [-0.4, -0.2) is 50.5 Å². The SMILES string of the molecule is CC(C)(C)N(C(=O)O)C1C[C@H]2CC[C@@H](C1)N2c1ccc(C(=O)C2CC2)cn1. The van der Waals surface area contributed by atoms with E-state index in [1.165, 1.54) is 0 Å². The first-order valence-electron chi connectivity index (χ1n) is 10.1. The molecule has 1 aromatic heterocycles. The topological polar surface area (TPSA) is 73.7 Å². The molecule has 27 heavy (non-hydrogen) atoms. The third-order valence-electron chi connectivity index (χ3n) is 6.25. The van der Waals surface area contributed by atoms with Gasteiger partial charge in [-0.05, 0) is 71.4 Å². The van der Waals surface area contributed by atoms with Crippen LogP contribution in [0.2, 0.25) is 0 Å². The van der Waals surface area contributed by atoms with Crippen molar-refractivity contribution in [3.05, 3.63) is 23.9 Å². The molecule has 3 fully saturated rings. The Hall–Kier alpha value is -2.11. The Morgan fingerprint density at radius 3 is 2.19 bits per heavy atom. The maximum atomic E-state index is 12.2. The number of carbonyl (C=O) groups excluding carboxylic acids is 1. The molecule has 146 valence electrons. The van der Waals surface area contributed by atoms with Gasteiger partial charge in [0.05, 0.1) is 0 Å². The van der Waals surface area contributed by atoms with E-state index >= 15 is 0 Å². The van der Waals surface area contributed by atoms with Crippen molar-refractivity contribution in [1.82, 2.24) is 9.88 Å². The van der Waals surface area contributed by atoms with Gasteiger partial charge < -0.3 is 14.9 Å². The quantitative estimate of drug-likeness (QED) is 0.811. The first-order chi connectivity index (χ1) is 12.8. The zero-order valence-corrected chi connectivity index (χ0v) is 16.4. The number of hydrogen-bond acceptors (Lipinski definition) is 4. The third kappa shape index (κ3) is 3.42. The van der Waals surface area contributed by atoms with E-state index in [-0.39, 0.29) is 17.7 Å². The number of piperidine rings is 1. The highest BCUT2D eigenvalue weighted by molar-refractivity contribution is 5.99. The third-order valence-corrected chi connectivity index (χ3v) is 6.25. The van der Waals surface area contributed by atoms with E-state index in [9.17, 15) is 14.7 Å². The second-order valence-corrected chi connectivity index (χ2v) is 9.28. The maximum absolute atomic E-state index is 12.2. The summed E-state index contributed by atoms with van der Waals surface area (Å²) in [5.74, 6) is 1.35. The Balaban J connectivity index is 1.51. The average Bonchev–Trinajstić information content (AvgIpc) is 3.39. The van der Waals surface area contributed by atoms with E-state index < -0.39 is 11.6 Å². The van der Waals surface area contributed by atoms with E-state index in [2.05, 4.69) is 9.88 Å². The first kappa shape index (κ1) is 18.3. The number of carboxylic acid groups (broad SMARTS) is 1. The highest BCUT2D eigenvalue weighted by atomic mass is 16.4. The largest absolute Gasteiger partial charge is 0.465 e. The lowest BCUT2D eigenvalue weighted by molar-refractivity contribution is 0.0558. The van der Waals surface area contributed by atoms with Crippen LogP contribution in [0.15, 0.2) is 18.3 Å². The Morgan fingerprint density at radius 1 is 1.11 bits per heavy atom. The van der Waals surface area contributed by atoms with Crippen LogP contribution in [0, 0.1) is 5.92 Å². The van der Waals surface area contributed by atoms with Crippen molar-refractivity contribution in [3.8, 4) is 0 Å². The molecule has 1 saturated carbocycles. The number of hydrogen-bond donors (Lipinski definition) is 1. The number of nitrogens with zero attached hydrogens (tertiary/aromatic N) is 3. The molecule has 0 spiro atoms. The molecule has 0 aromatic carbocycles. The summed E-state index contributed by atoms with van der Waals surface area (Å²) >= 11 is 0. The second-order valence-electron chi connectivity index (χ2n) is 9.28. The van der Waals surface area contributed by atoms with Gasteiger partial charge in [-0.2, -0.15) is 0 Å². The fourth-order valence-corrected chi connectivity index (χ4v) is 4.99. The van der Waals surface area contributed by atoms with Crippen molar-refractivity contribution in [2.24, 2.45) is 5.92 Å². The number of fused-ring (bicyclic) bond motifs is 2. The molecule has 3 atom stereocenters. The van der Waals surface area contributed by atoms with Gasteiger partial charge in [0, 0.05) is 41.3 Å². The van der Waals surface area contributed by atoms with Gasteiger partial charge in [0.15, 0.2) is 5.78 Å². The Kier molecular flexibility index (Phi) is 4.40. The molecule has 1 amide bonds. The molecule has 3 aliphatic rings. The van der Waals surface area contributed by atoms with Crippen LogP contribution in [0.3, 0.4) is 0 Å². The van der Waals surface area contributed by atoms with Gasteiger partial charge >= 0.3 is 6.09 Å². The zero-order chi connectivity index (χ0) is 19.3. The van der Waals surface area contributed by atoms with Crippen LogP contribution >= 0.6 is 0 Å². The lowest BCUT2D eigenvalue weighted by atomic mass is 9.92. The van der Waals surface area contributed by atoms with Crippen molar-refractivity contribution in [1.29, 1.82) is 0 Å². The van der Waals surface area contributed by atoms with Gasteiger partial charge in [-0.25, -0.2) is 9.78 Å². The monoisotopic (exact) mass is 371 g/mol. The molecule has 1 unspecified atom stereocenters. The molecule has 6 nitrogen and oxygen atoms in total. The van der Waals surface area contributed by atoms with E-state index in [4.69, 9.17) is 0 Å². The standard InChI is InChI=1S/C21H29N3O3/c1-21(2,3)24(20(26)27)17-10-15-7-8-16(11-17)23(15)18-9-6-14(12-22-18)19(25)13-4-5-13/h6,9,12-13,15-17H,4-5,7-8,10-11H2,1-3H3,(H,26,27)/t15-,16+,17?. The summed E-state index contributed by atoms with van der Waals surface area (Å²) in [6.07, 6.45) is 6.72. The number of rotatable bonds is 4. The molecule has 0 radical (unpaired) electrons. The number of ketones is 1. The molecule has 1 N–H and O–H groups in total. The highest BCUT2D eigenvalue weighted by Gasteiger charge is 2.46. The average molecular weight is 371 g/mol. The van der Waals surface area contributed by atoms with Gasteiger partial charge in [0.25, 0.3) is 0 Å². The van der Waals surface area contributed by atoms with Crippen LogP contribution in [0.25, 0.3) is 0 Å². The Bertz CT molecular complexity index is 722. The van der Waals surface area contributed by atoms with Crippen LogP contribution < -0.4 is 4.90 Å². The summed E-state index contributed by atoms with van der Waals surface area (Å²) in [6, 6.07) is 4.56. The fraction of sp³-hybridized carbons (Fsp3) is 0.667. The molecule has 1 aliphatic carbocycles. The van der Waals surface area contributed by atoms with E-state index in [0.29, 0.717) is 17.6 Å². The Morgan fingerprint density at radius 2 is 1.74 bits per heavy atom. The molecule has 6 heteroatoms.